The molecule has 6 nitrogen and oxygen atoms in total. The van der Waals surface area contributed by atoms with E-state index in [1.165, 1.54) is 9.87 Å². The second-order valence-corrected chi connectivity index (χ2v) is 9.23. The van der Waals surface area contributed by atoms with E-state index in [1.807, 2.05) is 6.92 Å². The molecule has 1 aliphatic heterocycles. The van der Waals surface area contributed by atoms with Crippen LogP contribution in [-0.2, 0) is 19.6 Å². The normalized spacial score (nSPS) is 17.2. The lowest BCUT2D eigenvalue weighted by Crippen LogP contribution is -2.43. The molecule has 1 amide bonds. The van der Waals surface area contributed by atoms with Gasteiger partial charge in [0.05, 0.1) is 19.0 Å². The topological polar surface area (TPSA) is 75.7 Å². The summed E-state index contributed by atoms with van der Waals surface area (Å²) in [5.41, 5.74) is 2.33. The van der Waals surface area contributed by atoms with Crippen LogP contribution >= 0.6 is 0 Å². The van der Waals surface area contributed by atoms with Gasteiger partial charge in [0.15, 0.2) is 0 Å². The number of carbonyl (C=O) groups is 1. The fourth-order valence-corrected chi connectivity index (χ4v) is 4.42. The van der Waals surface area contributed by atoms with Crippen LogP contribution in [0, 0.1) is 12.8 Å². The Morgan fingerprint density at radius 3 is 2.38 bits per heavy atom. The first kappa shape index (κ1) is 20.9. The third-order valence-corrected chi connectivity index (χ3v) is 6.63. The number of benzene rings is 1. The fraction of sp³-hybridized carbons (Fsp3) is 0.632. The molecule has 2 rings (SSSR count). The van der Waals surface area contributed by atoms with E-state index in [-0.39, 0.29) is 24.1 Å². The predicted molar refractivity (Wildman–Crippen MR) is 103 cm³/mol. The fourth-order valence-electron chi connectivity index (χ4n) is 3.10. The number of rotatable bonds is 8. The van der Waals surface area contributed by atoms with Crippen LogP contribution < -0.4 is 5.32 Å². The van der Waals surface area contributed by atoms with Gasteiger partial charge in [-0.2, -0.15) is 4.31 Å². The molecule has 146 valence electrons. The molecule has 0 aromatic heterocycles. The van der Waals surface area contributed by atoms with Gasteiger partial charge in [0.25, 0.3) is 0 Å². The maximum atomic E-state index is 12.3. The van der Waals surface area contributed by atoms with E-state index in [4.69, 9.17) is 4.74 Å². The molecule has 1 heterocycles. The smallest absolute Gasteiger partial charge is 0.220 e. The molecule has 1 N–H and O–H groups in total. The van der Waals surface area contributed by atoms with E-state index >= 15 is 0 Å². The van der Waals surface area contributed by atoms with E-state index in [1.54, 1.807) is 0 Å². The van der Waals surface area contributed by atoms with Gasteiger partial charge in [0.1, 0.15) is 0 Å². The van der Waals surface area contributed by atoms with Gasteiger partial charge in [-0.3, -0.25) is 4.79 Å². The number of nitrogens with one attached hydrogen (secondary N) is 1. The van der Waals surface area contributed by atoms with E-state index in [0.29, 0.717) is 38.6 Å². The first-order chi connectivity index (χ1) is 12.3. The third kappa shape index (κ3) is 6.07. The number of hydrogen-bond donors (Lipinski definition) is 1. The number of ether oxygens (including phenoxy) is 1. The summed E-state index contributed by atoms with van der Waals surface area (Å²) in [7, 11) is -3.34. The predicted octanol–water partition coefficient (Wildman–Crippen LogP) is 1.90. The van der Waals surface area contributed by atoms with Gasteiger partial charge in [-0.15, -0.1) is 0 Å². The molecule has 1 atom stereocenters. The second-order valence-electron chi connectivity index (χ2n) is 7.14. The summed E-state index contributed by atoms with van der Waals surface area (Å²) in [6.45, 7) is 8.00. The average Bonchev–Trinajstić information content (AvgIpc) is 2.61. The number of nitrogens with zero attached hydrogens (tertiary/aromatic N) is 1. The highest BCUT2D eigenvalue weighted by Crippen LogP contribution is 2.28. The monoisotopic (exact) mass is 382 g/mol. The Hall–Kier alpha value is -1.44. The first-order valence-corrected chi connectivity index (χ1v) is 10.8. The molecule has 1 aromatic rings. The van der Waals surface area contributed by atoms with Gasteiger partial charge in [0.2, 0.25) is 15.9 Å². The highest BCUT2D eigenvalue weighted by Gasteiger charge is 2.24. The van der Waals surface area contributed by atoms with Crippen molar-refractivity contribution in [1.29, 1.82) is 0 Å². The highest BCUT2D eigenvalue weighted by atomic mass is 32.2. The zero-order chi connectivity index (χ0) is 19.2. The van der Waals surface area contributed by atoms with Crippen molar-refractivity contribution < 1.29 is 17.9 Å². The van der Waals surface area contributed by atoms with E-state index in [2.05, 4.69) is 43.4 Å². The minimum Gasteiger partial charge on any atom is -0.379 e. The van der Waals surface area contributed by atoms with Crippen LogP contribution in [0.4, 0.5) is 0 Å². The van der Waals surface area contributed by atoms with Crippen molar-refractivity contribution in [3.63, 3.8) is 0 Å². The molecule has 0 saturated carbocycles. The van der Waals surface area contributed by atoms with Crippen LogP contribution in [0.5, 0.6) is 0 Å². The number of hydrogen-bond acceptors (Lipinski definition) is 4. The molecule has 1 saturated heterocycles. The molecule has 1 unspecified atom stereocenters. The summed E-state index contributed by atoms with van der Waals surface area (Å²) in [5.74, 6) is 0.253. The third-order valence-electron chi connectivity index (χ3n) is 4.76. The van der Waals surface area contributed by atoms with Crippen molar-refractivity contribution >= 4 is 15.9 Å². The number of amides is 1. The molecular formula is C19H30N2O4S. The van der Waals surface area contributed by atoms with Crippen LogP contribution in [0.1, 0.15) is 37.3 Å². The molecule has 0 radical (unpaired) electrons. The van der Waals surface area contributed by atoms with E-state index in [9.17, 15) is 13.2 Å². The van der Waals surface area contributed by atoms with E-state index < -0.39 is 10.0 Å². The zero-order valence-corrected chi connectivity index (χ0v) is 16.7. The number of sulfonamides is 1. The molecule has 0 spiro atoms. The zero-order valence-electron chi connectivity index (χ0n) is 15.9. The largest absolute Gasteiger partial charge is 0.379 e. The summed E-state index contributed by atoms with van der Waals surface area (Å²) < 4.78 is 31.2. The summed E-state index contributed by atoms with van der Waals surface area (Å²) in [4.78, 5) is 12.3. The Kier molecular flexibility index (Phi) is 7.61. The van der Waals surface area contributed by atoms with Gasteiger partial charge < -0.3 is 10.1 Å². The van der Waals surface area contributed by atoms with Crippen molar-refractivity contribution in [2.75, 3.05) is 38.6 Å². The van der Waals surface area contributed by atoms with Crippen molar-refractivity contribution in [1.82, 2.24) is 9.62 Å². The van der Waals surface area contributed by atoms with Crippen LogP contribution in [0.3, 0.4) is 0 Å². The maximum absolute atomic E-state index is 12.3. The van der Waals surface area contributed by atoms with Crippen LogP contribution in [0.2, 0.25) is 0 Å². The number of carbonyl (C=O) groups excluding carboxylic acids is 1. The van der Waals surface area contributed by atoms with Crippen LogP contribution in [0.15, 0.2) is 24.3 Å². The molecule has 1 fully saturated rings. The summed E-state index contributed by atoms with van der Waals surface area (Å²) in [6, 6.07) is 8.24. The van der Waals surface area contributed by atoms with Gasteiger partial charge in [0, 0.05) is 26.1 Å². The highest BCUT2D eigenvalue weighted by molar-refractivity contribution is 7.89. The Labute approximate surface area is 157 Å². The van der Waals surface area contributed by atoms with Crippen LogP contribution in [0.25, 0.3) is 0 Å². The van der Waals surface area contributed by atoms with Gasteiger partial charge in [-0.25, -0.2) is 8.42 Å². The Bertz CT molecular complexity index is 680. The maximum Gasteiger partial charge on any atom is 0.220 e. The quantitative estimate of drug-likeness (QED) is 0.745. The summed E-state index contributed by atoms with van der Waals surface area (Å²) in [6.07, 6.45) is 0.359. The molecule has 1 aliphatic rings. The second kappa shape index (κ2) is 9.48. The van der Waals surface area contributed by atoms with Gasteiger partial charge in [-0.1, -0.05) is 43.7 Å². The van der Waals surface area contributed by atoms with Crippen molar-refractivity contribution in [3.8, 4) is 0 Å². The molecule has 26 heavy (non-hydrogen) atoms. The lowest BCUT2D eigenvalue weighted by atomic mass is 9.85. The lowest BCUT2D eigenvalue weighted by Gasteiger charge is -2.26. The lowest BCUT2D eigenvalue weighted by molar-refractivity contribution is -0.121. The number of morpholine rings is 1. The molecular weight excluding hydrogens is 352 g/mol. The van der Waals surface area contributed by atoms with Crippen molar-refractivity contribution in [3.05, 3.63) is 35.4 Å². The average molecular weight is 383 g/mol. The summed E-state index contributed by atoms with van der Waals surface area (Å²) >= 11 is 0. The molecule has 0 bridgehead atoms. The Morgan fingerprint density at radius 1 is 1.19 bits per heavy atom. The number of aryl methyl sites for hydroxylation is 1. The Morgan fingerprint density at radius 2 is 1.81 bits per heavy atom. The van der Waals surface area contributed by atoms with Crippen LogP contribution in [-0.4, -0.2) is 57.2 Å². The van der Waals surface area contributed by atoms with Crippen molar-refractivity contribution in [2.45, 2.75) is 33.1 Å². The Balaban J connectivity index is 1.85. The van der Waals surface area contributed by atoms with E-state index in [0.717, 1.165) is 5.56 Å². The SMILES string of the molecule is Cc1ccc(C(CC(=O)NCCS(=O)(=O)N2CCOCC2)C(C)C)cc1. The summed E-state index contributed by atoms with van der Waals surface area (Å²) in [5, 5.41) is 2.77. The molecule has 7 heteroatoms. The first-order valence-electron chi connectivity index (χ1n) is 9.18. The van der Waals surface area contributed by atoms with Gasteiger partial charge >= 0.3 is 0 Å². The minimum atomic E-state index is -3.34. The minimum absolute atomic E-state index is 0.0738. The van der Waals surface area contributed by atoms with Gasteiger partial charge in [-0.05, 0) is 24.3 Å². The molecule has 0 aliphatic carbocycles. The molecule has 1 aromatic carbocycles. The van der Waals surface area contributed by atoms with Crippen molar-refractivity contribution in [2.24, 2.45) is 5.92 Å². The standard InChI is InChI=1S/C19H30N2O4S/c1-15(2)18(17-6-4-16(3)5-7-17)14-19(22)20-8-13-26(23,24)21-9-11-25-12-10-21/h4-7,15,18H,8-14H2,1-3H3,(H,20,22).